The van der Waals surface area contributed by atoms with Crippen LogP contribution in [0.4, 0.5) is 0 Å². The van der Waals surface area contributed by atoms with Gasteiger partial charge in [0.2, 0.25) is 5.88 Å². The van der Waals surface area contributed by atoms with Crippen LogP contribution in [0.2, 0.25) is 0 Å². The summed E-state index contributed by atoms with van der Waals surface area (Å²) in [4.78, 5) is 9.09. The molecular formula is C17H22N2O. The van der Waals surface area contributed by atoms with Gasteiger partial charge in [0.1, 0.15) is 12.4 Å². The highest BCUT2D eigenvalue weighted by Crippen LogP contribution is 2.21. The van der Waals surface area contributed by atoms with Gasteiger partial charge in [-0.1, -0.05) is 58.0 Å². The van der Waals surface area contributed by atoms with E-state index in [4.69, 9.17) is 4.74 Å². The van der Waals surface area contributed by atoms with Gasteiger partial charge in [-0.15, -0.1) is 0 Å². The minimum Gasteiger partial charge on any atom is -0.473 e. The summed E-state index contributed by atoms with van der Waals surface area (Å²) < 4.78 is 5.82. The van der Waals surface area contributed by atoms with E-state index < -0.39 is 0 Å². The Kier molecular flexibility index (Phi) is 4.72. The van der Waals surface area contributed by atoms with Crippen molar-refractivity contribution < 1.29 is 4.74 Å². The minimum absolute atomic E-state index is 0.299. The van der Waals surface area contributed by atoms with E-state index in [2.05, 4.69) is 37.7 Å². The highest BCUT2D eigenvalue weighted by atomic mass is 16.5. The van der Waals surface area contributed by atoms with E-state index >= 15 is 0 Å². The minimum atomic E-state index is 0.299. The number of rotatable bonds is 5. The molecule has 0 spiro atoms. The molecule has 0 amide bonds. The number of aromatic nitrogens is 2. The molecule has 3 heteroatoms. The first-order valence-electron chi connectivity index (χ1n) is 7.12. The molecule has 0 bridgehead atoms. The molecule has 3 nitrogen and oxygen atoms in total. The lowest BCUT2D eigenvalue weighted by Gasteiger charge is -2.13. The Balaban J connectivity index is 2.18. The monoisotopic (exact) mass is 270 g/mol. The SMILES string of the molecule is CC(C)c1cc(OCc2ccccc2)nc(C(C)C)n1. The standard InChI is InChI=1S/C17H22N2O/c1-12(2)15-10-16(19-17(18-15)13(3)4)20-11-14-8-6-5-7-9-14/h5-10,12-13H,11H2,1-4H3. The van der Waals surface area contributed by atoms with Gasteiger partial charge in [-0.05, 0) is 11.5 Å². The van der Waals surface area contributed by atoms with Crippen molar-refractivity contribution >= 4 is 0 Å². The number of hydrogen-bond donors (Lipinski definition) is 0. The van der Waals surface area contributed by atoms with Gasteiger partial charge in [-0.2, -0.15) is 4.98 Å². The zero-order valence-electron chi connectivity index (χ0n) is 12.6. The molecule has 0 aliphatic rings. The first kappa shape index (κ1) is 14.5. The van der Waals surface area contributed by atoms with Crippen LogP contribution in [0.15, 0.2) is 36.4 Å². The van der Waals surface area contributed by atoms with E-state index in [0.29, 0.717) is 24.3 Å². The van der Waals surface area contributed by atoms with Crippen LogP contribution in [0.25, 0.3) is 0 Å². The molecule has 0 N–H and O–H groups in total. The lowest BCUT2D eigenvalue weighted by Crippen LogP contribution is -2.06. The summed E-state index contributed by atoms with van der Waals surface area (Å²) in [6.07, 6.45) is 0. The van der Waals surface area contributed by atoms with E-state index in [1.54, 1.807) is 0 Å². The molecule has 2 aromatic rings. The van der Waals surface area contributed by atoms with Crippen LogP contribution >= 0.6 is 0 Å². The van der Waals surface area contributed by atoms with Crippen molar-refractivity contribution in [1.29, 1.82) is 0 Å². The fourth-order valence-electron chi connectivity index (χ4n) is 1.82. The normalized spacial score (nSPS) is 11.1. The number of hydrogen-bond acceptors (Lipinski definition) is 3. The predicted octanol–water partition coefficient (Wildman–Crippen LogP) is 4.30. The largest absolute Gasteiger partial charge is 0.473 e. The Morgan fingerprint density at radius 1 is 0.950 bits per heavy atom. The van der Waals surface area contributed by atoms with Gasteiger partial charge in [0.05, 0.1) is 5.69 Å². The van der Waals surface area contributed by atoms with Crippen molar-refractivity contribution in [2.45, 2.75) is 46.1 Å². The smallest absolute Gasteiger partial charge is 0.217 e. The van der Waals surface area contributed by atoms with Gasteiger partial charge in [-0.3, -0.25) is 0 Å². The van der Waals surface area contributed by atoms with Gasteiger partial charge < -0.3 is 4.74 Å². The lowest BCUT2D eigenvalue weighted by atomic mass is 10.1. The third-order valence-electron chi connectivity index (χ3n) is 3.08. The summed E-state index contributed by atoms with van der Waals surface area (Å²) >= 11 is 0. The molecular weight excluding hydrogens is 248 g/mol. The summed E-state index contributed by atoms with van der Waals surface area (Å²) in [5.41, 5.74) is 2.18. The van der Waals surface area contributed by atoms with Crippen LogP contribution < -0.4 is 4.74 Å². The molecule has 20 heavy (non-hydrogen) atoms. The molecule has 1 aromatic heterocycles. The number of benzene rings is 1. The Morgan fingerprint density at radius 2 is 1.65 bits per heavy atom. The van der Waals surface area contributed by atoms with E-state index in [1.165, 1.54) is 0 Å². The first-order chi connectivity index (χ1) is 9.56. The van der Waals surface area contributed by atoms with Crippen molar-refractivity contribution in [3.05, 3.63) is 53.5 Å². The van der Waals surface area contributed by atoms with E-state index in [0.717, 1.165) is 17.1 Å². The van der Waals surface area contributed by atoms with Gasteiger partial charge in [0, 0.05) is 12.0 Å². The molecule has 0 atom stereocenters. The number of nitrogens with zero attached hydrogens (tertiary/aromatic N) is 2. The zero-order valence-corrected chi connectivity index (χ0v) is 12.6. The molecule has 106 valence electrons. The van der Waals surface area contributed by atoms with Crippen LogP contribution in [0, 0.1) is 0 Å². The van der Waals surface area contributed by atoms with Gasteiger partial charge in [-0.25, -0.2) is 4.98 Å². The highest BCUT2D eigenvalue weighted by molar-refractivity contribution is 5.21. The Hall–Kier alpha value is -1.90. The second-order valence-corrected chi connectivity index (χ2v) is 5.57. The van der Waals surface area contributed by atoms with E-state index in [-0.39, 0.29) is 0 Å². The summed E-state index contributed by atoms with van der Waals surface area (Å²) in [6, 6.07) is 12.1. The Bertz CT molecular complexity index is 524. The van der Waals surface area contributed by atoms with Crippen LogP contribution in [-0.4, -0.2) is 9.97 Å². The topological polar surface area (TPSA) is 35.0 Å². The first-order valence-corrected chi connectivity index (χ1v) is 7.12. The maximum Gasteiger partial charge on any atom is 0.217 e. The second kappa shape index (κ2) is 6.51. The van der Waals surface area contributed by atoms with Crippen LogP contribution in [0.1, 0.15) is 56.6 Å². The quantitative estimate of drug-likeness (QED) is 0.812. The summed E-state index contributed by atoms with van der Waals surface area (Å²) in [5, 5.41) is 0. The fourth-order valence-corrected chi connectivity index (χ4v) is 1.82. The summed E-state index contributed by atoms with van der Waals surface area (Å²) in [6.45, 7) is 8.99. The molecule has 1 aromatic carbocycles. The van der Waals surface area contributed by atoms with Crippen molar-refractivity contribution in [3.63, 3.8) is 0 Å². The number of ether oxygens (including phenoxy) is 1. The molecule has 2 rings (SSSR count). The van der Waals surface area contributed by atoms with Gasteiger partial charge in [0.15, 0.2) is 0 Å². The zero-order chi connectivity index (χ0) is 14.5. The summed E-state index contributed by atoms with van der Waals surface area (Å²) in [5.74, 6) is 2.18. The van der Waals surface area contributed by atoms with Crippen LogP contribution in [0.5, 0.6) is 5.88 Å². The van der Waals surface area contributed by atoms with Crippen molar-refractivity contribution in [2.24, 2.45) is 0 Å². The molecule has 0 fully saturated rings. The molecule has 0 saturated heterocycles. The maximum atomic E-state index is 5.82. The molecule has 0 saturated carbocycles. The highest BCUT2D eigenvalue weighted by Gasteiger charge is 2.11. The second-order valence-electron chi connectivity index (χ2n) is 5.57. The van der Waals surface area contributed by atoms with Crippen molar-refractivity contribution in [3.8, 4) is 5.88 Å². The van der Waals surface area contributed by atoms with Crippen LogP contribution in [0.3, 0.4) is 0 Å². The Labute approximate surface area is 121 Å². The molecule has 1 heterocycles. The van der Waals surface area contributed by atoms with Crippen molar-refractivity contribution in [2.75, 3.05) is 0 Å². The lowest BCUT2D eigenvalue weighted by molar-refractivity contribution is 0.291. The Morgan fingerprint density at radius 3 is 2.25 bits per heavy atom. The average Bonchev–Trinajstić information content (AvgIpc) is 2.45. The molecule has 0 unspecified atom stereocenters. The molecule has 0 radical (unpaired) electrons. The fraction of sp³-hybridized carbons (Fsp3) is 0.412. The van der Waals surface area contributed by atoms with Crippen molar-refractivity contribution in [1.82, 2.24) is 9.97 Å². The van der Waals surface area contributed by atoms with Gasteiger partial charge >= 0.3 is 0 Å². The van der Waals surface area contributed by atoms with Crippen LogP contribution in [-0.2, 0) is 6.61 Å². The predicted molar refractivity (Wildman–Crippen MR) is 81.0 cm³/mol. The summed E-state index contributed by atoms with van der Waals surface area (Å²) in [7, 11) is 0. The molecule has 0 aliphatic carbocycles. The maximum absolute atomic E-state index is 5.82. The third-order valence-corrected chi connectivity index (χ3v) is 3.08. The molecule has 0 aliphatic heterocycles. The van der Waals surface area contributed by atoms with E-state index in [9.17, 15) is 0 Å². The average molecular weight is 270 g/mol. The van der Waals surface area contributed by atoms with E-state index in [1.807, 2.05) is 36.4 Å². The third kappa shape index (κ3) is 3.80. The van der Waals surface area contributed by atoms with Gasteiger partial charge in [0.25, 0.3) is 0 Å².